The van der Waals surface area contributed by atoms with Crippen LogP contribution in [0.25, 0.3) is 0 Å². The maximum absolute atomic E-state index is 11.5. The van der Waals surface area contributed by atoms with Crippen LogP contribution in [0.2, 0.25) is 0 Å². The average molecular weight is 230 g/mol. The number of hydrogen-bond acceptors (Lipinski definition) is 4. The summed E-state index contributed by atoms with van der Waals surface area (Å²) in [5, 5.41) is 17.3. The summed E-state index contributed by atoms with van der Waals surface area (Å²) in [6, 6.07) is 7.40. The molecule has 2 N–H and O–H groups in total. The van der Waals surface area contributed by atoms with Crippen molar-refractivity contribution in [2.75, 3.05) is 5.75 Å². The molecule has 1 aromatic rings. The molecule has 6 heteroatoms. The first-order valence-corrected chi connectivity index (χ1v) is 5.77. The number of hydrogen-bond donors (Lipinski definition) is 2. The van der Waals surface area contributed by atoms with Gasteiger partial charge in [-0.15, -0.1) is 0 Å². The molecule has 0 aliphatic heterocycles. The van der Waals surface area contributed by atoms with Gasteiger partial charge in [0.1, 0.15) is 0 Å². The van der Waals surface area contributed by atoms with E-state index < -0.39 is 27.7 Å². The molecular formula is C9H10O5S. The van der Waals surface area contributed by atoms with Crippen LogP contribution in [0.5, 0.6) is 0 Å². The molecule has 1 aromatic carbocycles. The fourth-order valence-corrected chi connectivity index (χ4v) is 2.33. The molecule has 0 radical (unpaired) electrons. The maximum Gasteiger partial charge on any atom is 0.333 e. The molecule has 1 unspecified atom stereocenters. The third-order valence-electron chi connectivity index (χ3n) is 1.76. The summed E-state index contributed by atoms with van der Waals surface area (Å²) in [7, 11) is -3.74. The van der Waals surface area contributed by atoms with Crippen LogP contribution in [0.1, 0.15) is 0 Å². The van der Waals surface area contributed by atoms with Crippen LogP contribution in [0.3, 0.4) is 0 Å². The summed E-state index contributed by atoms with van der Waals surface area (Å²) < 4.78 is 23.0. The number of aliphatic carboxylic acids is 1. The zero-order valence-corrected chi connectivity index (χ0v) is 8.52. The van der Waals surface area contributed by atoms with E-state index in [9.17, 15) is 13.2 Å². The van der Waals surface area contributed by atoms with Crippen molar-refractivity contribution in [3.05, 3.63) is 30.3 Å². The van der Waals surface area contributed by atoms with Crippen molar-refractivity contribution in [3.8, 4) is 0 Å². The fraction of sp³-hybridized carbons (Fsp3) is 0.222. The van der Waals surface area contributed by atoms with E-state index >= 15 is 0 Å². The molecule has 0 saturated heterocycles. The Morgan fingerprint density at radius 2 is 1.80 bits per heavy atom. The highest BCUT2D eigenvalue weighted by atomic mass is 32.2. The van der Waals surface area contributed by atoms with Crippen molar-refractivity contribution < 1.29 is 23.4 Å². The zero-order chi connectivity index (χ0) is 11.5. The Morgan fingerprint density at radius 1 is 1.27 bits per heavy atom. The number of carboxylic acids is 1. The number of sulfone groups is 1. The number of rotatable bonds is 4. The third kappa shape index (κ3) is 3.03. The predicted octanol–water partition coefficient (Wildman–Crippen LogP) is -0.0942. The molecular weight excluding hydrogens is 220 g/mol. The lowest BCUT2D eigenvalue weighted by atomic mass is 10.4. The number of aliphatic hydroxyl groups excluding tert-OH is 1. The first-order chi connectivity index (χ1) is 6.93. The minimum Gasteiger partial charge on any atom is -0.479 e. The largest absolute Gasteiger partial charge is 0.479 e. The van der Waals surface area contributed by atoms with E-state index in [1.807, 2.05) is 0 Å². The van der Waals surface area contributed by atoms with E-state index in [2.05, 4.69) is 0 Å². The number of carbonyl (C=O) groups is 1. The Labute approximate surface area is 86.9 Å². The Kier molecular flexibility index (Phi) is 3.43. The van der Waals surface area contributed by atoms with Crippen molar-refractivity contribution in [3.63, 3.8) is 0 Å². The van der Waals surface area contributed by atoms with E-state index in [0.717, 1.165) is 0 Å². The van der Waals surface area contributed by atoms with Gasteiger partial charge in [-0.05, 0) is 12.1 Å². The van der Waals surface area contributed by atoms with Gasteiger partial charge >= 0.3 is 5.97 Å². The van der Waals surface area contributed by atoms with Gasteiger partial charge in [0.25, 0.3) is 0 Å². The van der Waals surface area contributed by atoms with Gasteiger partial charge in [0.2, 0.25) is 0 Å². The van der Waals surface area contributed by atoms with Gasteiger partial charge in [0.15, 0.2) is 15.9 Å². The number of aliphatic hydroxyl groups is 1. The first kappa shape index (κ1) is 11.7. The van der Waals surface area contributed by atoms with Crippen LogP contribution in [0.15, 0.2) is 35.2 Å². The van der Waals surface area contributed by atoms with Crippen LogP contribution in [-0.4, -0.2) is 36.5 Å². The second-order valence-corrected chi connectivity index (χ2v) is 4.98. The summed E-state index contributed by atoms with van der Waals surface area (Å²) in [5.41, 5.74) is 0. The number of benzene rings is 1. The van der Waals surface area contributed by atoms with Crippen LogP contribution in [0, 0.1) is 0 Å². The van der Waals surface area contributed by atoms with E-state index in [1.54, 1.807) is 6.07 Å². The summed E-state index contributed by atoms with van der Waals surface area (Å²) >= 11 is 0. The summed E-state index contributed by atoms with van der Waals surface area (Å²) in [6.45, 7) is 0. The lowest BCUT2D eigenvalue weighted by molar-refractivity contribution is -0.145. The van der Waals surface area contributed by atoms with Crippen LogP contribution < -0.4 is 0 Å². The fourth-order valence-electron chi connectivity index (χ4n) is 1.00. The molecule has 5 nitrogen and oxygen atoms in total. The molecule has 0 fully saturated rings. The van der Waals surface area contributed by atoms with Crippen molar-refractivity contribution in [2.45, 2.75) is 11.0 Å². The lowest BCUT2D eigenvalue weighted by Gasteiger charge is -2.06. The molecule has 1 rings (SSSR count). The highest BCUT2D eigenvalue weighted by Crippen LogP contribution is 2.11. The molecule has 0 aromatic heterocycles. The minimum atomic E-state index is -3.74. The predicted molar refractivity (Wildman–Crippen MR) is 52.1 cm³/mol. The van der Waals surface area contributed by atoms with E-state index in [-0.39, 0.29) is 4.90 Å². The van der Waals surface area contributed by atoms with Gasteiger partial charge < -0.3 is 10.2 Å². The molecule has 0 heterocycles. The SMILES string of the molecule is O=C(O)C(O)CS(=O)(=O)c1ccccc1. The topological polar surface area (TPSA) is 91.7 Å². The van der Waals surface area contributed by atoms with Gasteiger partial charge in [-0.2, -0.15) is 0 Å². The molecule has 0 spiro atoms. The Morgan fingerprint density at radius 3 is 2.27 bits per heavy atom. The number of carboxylic acid groups (broad SMARTS) is 1. The molecule has 15 heavy (non-hydrogen) atoms. The average Bonchev–Trinajstić information content (AvgIpc) is 2.18. The summed E-state index contributed by atoms with van der Waals surface area (Å²) in [5.74, 6) is -2.36. The standard InChI is InChI=1S/C9H10O5S/c10-8(9(11)12)6-15(13,14)7-4-2-1-3-5-7/h1-5,8,10H,6H2,(H,11,12). The molecule has 82 valence electrons. The Hall–Kier alpha value is -1.40. The van der Waals surface area contributed by atoms with Gasteiger partial charge in [0, 0.05) is 0 Å². The zero-order valence-electron chi connectivity index (χ0n) is 7.70. The molecule has 0 aliphatic carbocycles. The molecule has 0 bridgehead atoms. The minimum absolute atomic E-state index is 0.00491. The highest BCUT2D eigenvalue weighted by Gasteiger charge is 2.23. The third-order valence-corrected chi connectivity index (χ3v) is 3.51. The first-order valence-electron chi connectivity index (χ1n) is 4.12. The van der Waals surface area contributed by atoms with Gasteiger partial charge in [-0.1, -0.05) is 18.2 Å². The van der Waals surface area contributed by atoms with Crippen molar-refractivity contribution in [1.82, 2.24) is 0 Å². The highest BCUT2D eigenvalue weighted by molar-refractivity contribution is 7.91. The van der Waals surface area contributed by atoms with Crippen LogP contribution >= 0.6 is 0 Å². The van der Waals surface area contributed by atoms with Crippen LogP contribution in [-0.2, 0) is 14.6 Å². The van der Waals surface area contributed by atoms with E-state index in [1.165, 1.54) is 24.3 Å². The van der Waals surface area contributed by atoms with Crippen LogP contribution in [0.4, 0.5) is 0 Å². The second kappa shape index (κ2) is 4.41. The Balaban J connectivity index is 2.91. The lowest BCUT2D eigenvalue weighted by Crippen LogP contribution is -2.28. The maximum atomic E-state index is 11.5. The normalized spacial score (nSPS) is 13.4. The quantitative estimate of drug-likeness (QED) is 0.754. The van der Waals surface area contributed by atoms with Crippen molar-refractivity contribution >= 4 is 15.8 Å². The van der Waals surface area contributed by atoms with Gasteiger partial charge in [-0.3, -0.25) is 0 Å². The molecule has 0 saturated carbocycles. The summed E-state index contributed by atoms with van der Waals surface area (Å²) in [4.78, 5) is 10.3. The monoisotopic (exact) mass is 230 g/mol. The van der Waals surface area contributed by atoms with Crippen molar-refractivity contribution in [2.24, 2.45) is 0 Å². The molecule has 0 aliphatic rings. The second-order valence-electron chi connectivity index (χ2n) is 2.95. The van der Waals surface area contributed by atoms with Gasteiger partial charge in [0.05, 0.1) is 10.6 Å². The Bertz CT molecular complexity index is 437. The smallest absolute Gasteiger partial charge is 0.333 e. The molecule has 0 amide bonds. The molecule has 1 atom stereocenters. The van der Waals surface area contributed by atoms with E-state index in [0.29, 0.717) is 0 Å². The van der Waals surface area contributed by atoms with Crippen molar-refractivity contribution in [1.29, 1.82) is 0 Å². The summed E-state index contributed by atoms with van der Waals surface area (Å²) in [6.07, 6.45) is -1.89. The van der Waals surface area contributed by atoms with E-state index in [4.69, 9.17) is 10.2 Å². The van der Waals surface area contributed by atoms with Gasteiger partial charge in [-0.25, -0.2) is 13.2 Å².